The van der Waals surface area contributed by atoms with Crippen LogP contribution in [0.15, 0.2) is 17.5 Å². The molecule has 0 unspecified atom stereocenters. The Bertz CT molecular complexity index is 464. The number of aromatic nitrogens is 3. The highest BCUT2D eigenvalue weighted by Gasteiger charge is 2.06. The van der Waals surface area contributed by atoms with Crippen LogP contribution in [-0.4, -0.2) is 26.6 Å². The number of fused-ring (bicyclic) bond motifs is 1. The SMILES string of the molecule is ON=Cc1cncc2c(Cl)[nH]nc12. The zero-order valence-corrected chi connectivity index (χ0v) is 7.15. The maximum absolute atomic E-state index is 8.36. The van der Waals surface area contributed by atoms with Gasteiger partial charge in [0.2, 0.25) is 0 Å². The Morgan fingerprint density at radius 1 is 1.54 bits per heavy atom. The number of oxime groups is 1. The summed E-state index contributed by atoms with van der Waals surface area (Å²) >= 11 is 5.78. The van der Waals surface area contributed by atoms with E-state index < -0.39 is 0 Å². The molecule has 2 rings (SSSR count). The van der Waals surface area contributed by atoms with Gasteiger partial charge in [0.05, 0.1) is 11.6 Å². The normalized spacial score (nSPS) is 11.5. The van der Waals surface area contributed by atoms with Crippen molar-refractivity contribution >= 4 is 28.7 Å². The summed E-state index contributed by atoms with van der Waals surface area (Å²) in [5.41, 5.74) is 1.25. The molecule has 0 aliphatic rings. The van der Waals surface area contributed by atoms with E-state index in [1.807, 2.05) is 0 Å². The first kappa shape index (κ1) is 8.00. The van der Waals surface area contributed by atoms with Crippen molar-refractivity contribution in [1.29, 1.82) is 0 Å². The Morgan fingerprint density at radius 3 is 3.15 bits per heavy atom. The Balaban J connectivity index is 2.76. The molecule has 13 heavy (non-hydrogen) atoms. The first-order chi connectivity index (χ1) is 6.33. The van der Waals surface area contributed by atoms with E-state index >= 15 is 0 Å². The van der Waals surface area contributed by atoms with E-state index in [0.29, 0.717) is 21.6 Å². The van der Waals surface area contributed by atoms with E-state index in [4.69, 9.17) is 16.8 Å². The molecule has 6 heteroatoms. The summed E-state index contributed by atoms with van der Waals surface area (Å²) in [7, 11) is 0. The molecule has 0 aliphatic heterocycles. The summed E-state index contributed by atoms with van der Waals surface area (Å²) in [6.45, 7) is 0. The van der Waals surface area contributed by atoms with Gasteiger partial charge in [-0.15, -0.1) is 0 Å². The van der Waals surface area contributed by atoms with Gasteiger partial charge in [-0.3, -0.25) is 10.1 Å². The molecule has 2 aromatic heterocycles. The fourth-order valence-electron chi connectivity index (χ4n) is 1.08. The van der Waals surface area contributed by atoms with Gasteiger partial charge in [-0.1, -0.05) is 16.8 Å². The number of rotatable bonds is 1. The third-order valence-corrected chi connectivity index (χ3v) is 1.93. The average Bonchev–Trinajstić information content (AvgIpc) is 2.50. The number of pyridine rings is 1. The highest BCUT2D eigenvalue weighted by Crippen LogP contribution is 2.20. The molecule has 0 amide bonds. The third kappa shape index (κ3) is 1.23. The van der Waals surface area contributed by atoms with Gasteiger partial charge in [-0.25, -0.2) is 0 Å². The number of H-pyrrole nitrogens is 1. The van der Waals surface area contributed by atoms with E-state index in [1.54, 1.807) is 12.4 Å². The minimum Gasteiger partial charge on any atom is -0.411 e. The molecule has 0 saturated heterocycles. The first-order valence-corrected chi connectivity index (χ1v) is 3.85. The number of halogens is 1. The van der Waals surface area contributed by atoms with Crippen LogP contribution in [-0.2, 0) is 0 Å². The van der Waals surface area contributed by atoms with Crippen molar-refractivity contribution in [3.05, 3.63) is 23.1 Å². The Morgan fingerprint density at radius 2 is 2.38 bits per heavy atom. The molecule has 0 aromatic carbocycles. The summed E-state index contributed by atoms with van der Waals surface area (Å²) < 4.78 is 0. The standard InChI is InChI=1S/C7H5ClN4O/c8-7-5-3-9-1-4(2-10-13)6(5)11-12-7/h1-3,13H,(H,11,12). The van der Waals surface area contributed by atoms with Gasteiger partial charge in [0.1, 0.15) is 10.7 Å². The highest BCUT2D eigenvalue weighted by atomic mass is 35.5. The molecular weight excluding hydrogens is 192 g/mol. The summed E-state index contributed by atoms with van der Waals surface area (Å²) in [5.74, 6) is 0. The quantitative estimate of drug-likeness (QED) is 0.412. The summed E-state index contributed by atoms with van der Waals surface area (Å²) in [4.78, 5) is 3.92. The number of nitrogens with zero attached hydrogens (tertiary/aromatic N) is 3. The van der Waals surface area contributed by atoms with Gasteiger partial charge in [-0.05, 0) is 0 Å². The number of aromatic amines is 1. The van der Waals surface area contributed by atoms with Crippen molar-refractivity contribution in [2.45, 2.75) is 0 Å². The largest absolute Gasteiger partial charge is 0.411 e. The monoisotopic (exact) mass is 196 g/mol. The van der Waals surface area contributed by atoms with Gasteiger partial charge in [-0.2, -0.15) is 5.10 Å². The molecule has 5 nitrogen and oxygen atoms in total. The average molecular weight is 197 g/mol. The summed E-state index contributed by atoms with van der Waals surface area (Å²) in [5, 5.41) is 18.9. The van der Waals surface area contributed by atoms with Crippen LogP contribution in [0.25, 0.3) is 10.9 Å². The highest BCUT2D eigenvalue weighted by molar-refractivity contribution is 6.34. The second-order valence-corrected chi connectivity index (χ2v) is 2.79. The van der Waals surface area contributed by atoms with Crippen LogP contribution >= 0.6 is 11.6 Å². The lowest BCUT2D eigenvalue weighted by Crippen LogP contribution is -1.85. The van der Waals surface area contributed by atoms with E-state index in [1.165, 1.54) is 6.21 Å². The van der Waals surface area contributed by atoms with Crippen molar-refractivity contribution in [3.8, 4) is 0 Å². The molecule has 2 aromatic rings. The predicted molar refractivity (Wildman–Crippen MR) is 48.3 cm³/mol. The molecule has 2 N–H and O–H groups in total. The first-order valence-electron chi connectivity index (χ1n) is 3.48. The van der Waals surface area contributed by atoms with Crippen molar-refractivity contribution in [3.63, 3.8) is 0 Å². The van der Waals surface area contributed by atoms with Crippen molar-refractivity contribution < 1.29 is 5.21 Å². The maximum Gasteiger partial charge on any atom is 0.133 e. The van der Waals surface area contributed by atoms with Gasteiger partial charge < -0.3 is 5.21 Å². The number of hydrogen-bond acceptors (Lipinski definition) is 4. The second-order valence-electron chi connectivity index (χ2n) is 2.41. The van der Waals surface area contributed by atoms with Crippen molar-refractivity contribution in [1.82, 2.24) is 15.2 Å². The smallest absolute Gasteiger partial charge is 0.133 e. The molecular formula is C7H5ClN4O. The molecule has 2 heterocycles. The van der Waals surface area contributed by atoms with Crippen molar-refractivity contribution in [2.24, 2.45) is 5.16 Å². The lowest BCUT2D eigenvalue weighted by atomic mass is 10.2. The van der Waals surface area contributed by atoms with Gasteiger partial charge >= 0.3 is 0 Å². The molecule has 0 saturated carbocycles. The summed E-state index contributed by atoms with van der Waals surface area (Å²) in [6.07, 6.45) is 4.39. The number of hydrogen-bond donors (Lipinski definition) is 2. The van der Waals surface area contributed by atoms with Crippen LogP contribution in [0.3, 0.4) is 0 Å². The number of nitrogens with one attached hydrogen (secondary N) is 1. The van der Waals surface area contributed by atoms with Crippen LogP contribution in [0.5, 0.6) is 0 Å². The minimum atomic E-state index is 0.427. The fourth-order valence-corrected chi connectivity index (χ4v) is 1.26. The van der Waals surface area contributed by atoms with Crippen LogP contribution in [0, 0.1) is 0 Å². The zero-order chi connectivity index (χ0) is 9.26. The topological polar surface area (TPSA) is 74.2 Å². The molecule has 0 atom stereocenters. The minimum absolute atomic E-state index is 0.427. The lowest BCUT2D eigenvalue weighted by Gasteiger charge is -1.91. The van der Waals surface area contributed by atoms with Crippen LogP contribution in [0.2, 0.25) is 5.15 Å². The molecule has 0 spiro atoms. The van der Waals surface area contributed by atoms with E-state index in [9.17, 15) is 0 Å². The van der Waals surface area contributed by atoms with Gasteiger partial charge in [0, 0.05) is 18.0 Å². The lowest BCUT2D eigenvalue weighted by molar-refractivity contribution is 0.322. The predicted octanol–water partition coefficient (Wildman–Crippen LogP) is 1.42. The van der Waals surface area contributed by atoms with Crippen LogP contribution < -0.4 is 0 Å². The van der Waals surface area contributed by atoms with Crippen molar-refractivity contribution in [2.75, 3.05) is 0 Å². The molecule has 0 fully saturated rings. The molecule has 0 radical (unpaired) electrons. The zero-order valence-electron chi connectivity index (χ0n) is 6.40. The Hall–Kier alpha value is -1.62. The maximum atomic E-state index is 8.36. The van der Waals surface area contributed by atoms with Gasteiger partial charge in [0.15, 0.2) is 0 Å². The second kappa shape index (κ2) is 3.02. The molecule has 0 bridgehead atoms. The Labute approximate surface area is 78.0 Å². The van der Waals surface area contributed by atoms with E-state index in [2.05, 4.69) is 20.3 Å². The fraction of sp³-hybridized carbons (Fsp3) is 0. The Kier molecular flexibility index (Phi) is 1.86. The van der Waals surface area contributed by atoms with E-state index in [-0.39, 0.29) is 0 Å². The van der Waals surface area contributed by atoms with Crippen LogP contribution in [0.1, 0.15) is 5.56 Å². The molecule has 0 aliphatic carbocycles. The third-order valence-electron chi connectivity index (χ3n) is 1.64. The van der Waals surface area contributed by atoms with Crippen LogP contribution in [0.4, 0.5) is 0 Å². The summed E-state index contributed by atoms with van der Waals surface area (Å²) in [6, 6.07) is 0. The van der Waals surface area contributed by atoms with Gasteiger partial charge in [0.25, 0.3) is 0 Å². The molecule has 66 valence electrons. The van der Waals surface area contributed by atoms with E-state index in [0.717, 1.165) is 0 Å².